The van der Waals surface area contributed by atoms with E-state index in [4.69, 9.17) is 5.11 Å². The minimum Gasteiger partial charge on any atom is -0.505 e. The molecule has 0 aromatic carbocycles. The largest absolute Gasteiger partial charge is 0.505 e. The molecule has 0 bridgehead atoms. The summed E-state index contributed by atoms with van der Waals surface area (Å²) < 4.78 is 1.72. The first-order valence-electron chi connectivity index (χ1n) is 3.54. The van der Waals surface area contributed by atoms with E-state index in [2.05, 4.69) is 10.00 Å². The predicted octanol–water partition coefficient (Wildman–Crippen LogP) is 0.150. The lowest BCUT2D eigenvalue weighted by molar-refractivity contribution is 0.372. The maximum Gasteiger partial charge on any atom is 0.153 e. The van der Waals surface area contributed by atoms with E-state index in [0.717, 1.165) is 13.1 Å². The van der Waals surface area contributed by atoms with Crippen molar-refractivity contribution in [1.82, 2.24) is 14.7 Å². The first-order valence-corrected chi connectivity index (χ1v) is 3.54. The highest BCUT2D eigenvalue weighted by atomic mass is 16.3. The lowest BCUT2D eigenvalue weighted by Gasteiger charge is -2.08. The Labute approximate surface area is 66.1 Å². The molecule has 0 saturated carbocycles. The Morgan fingerprint density at radius 3 is 2.82 bits per heavy atom. The zero-order chi connectivity index (χ0) is 8.27. The minimum absolute atomic E-state index is 0.226. The van der Waals surface area contributed by atoms with E-state index in [1.165, 1.54) is 6.20 Å². The van der Waals surface area contributed by atoms with Crippen LogP contribution in [-0.4, -0.2) is 40.4 Å². The summed E-state index contributed by atoms with van der Waals surface area (Å²) in [4.78, 5) is 2.07. The van der Waals surface area contributed by atoms with Crippen LogP contribution in [0.1, 0.15) is 0 Å². The Morgan fingerprint density at radius 2 is 2.36 bits per heavy atom. The third-order valence-electron chi connectivity index (χ3n) is 1.40. The summed E-state index contributed by atoms with van der Waals surface area (Å²) in [6, 6.07) is 0. The molecule has 0 unspecified atom stereocenters. The van der Waals surface area contributed by atoms with E-state index in [1.807, 2.05) is 14.1 Å². The predicted molar refractivity (Wildman–Crippen MR) is 42.4 cm³/mol. The number of aromatic nitrogens is 2. The summed E-state index contributed by atoms with van der Waals surface area (Å²) in [5.74, 6) is 0.226. The molecule has 0 saturated heterocycles. The van der Waals surface area contributed by atoms with Gasteiger partial charge in [0.15, 0.2) is 5.75 Å². The zero-order valence-corrected chi connectivity index (χ0v) is 6.86. The fourth-order valence-corrected chi connectivity index (χ4v) is 0.777. The van der Waals surface area contributed by atoms with Gasteiger partial charge in [0.1, 0.15) is 0 Å². The second-order valence-corrected chi connectivity index (χ2v) is 2.76. The van der Waals surface area contributed by atoms with Gasteiger partial charge >= 0.3 is 0 Å². The first-order chi connectivity index (χ1) is 5.18. The molecule has 1 N–H and O–H groups in total. The van der Waals surface area contributed by atoms with E-state index in [-0.39, 0.29) is 5.75 Å². The van der Waals surface area contributed by atoms with Crippen LogP contribution in [0.15, 0.2) is 12.4 Å². The number of nitrogens with zero attached hydrogens (tertiary/aromatic N) is 3. The summed E-state index contributed by atoms with van der Waals surface area (Å²) in [6.07, 6.45) is 3.05. The normalized spacial score (nSPS) is 10.8. The van der Waals surface area contributed by atoms with E-state index < -0.39 is 0 Å². The van der Waals surface area contributed by atoms with Crippen molar-refractivity contribution in [3.63, 3.8) is 0 Å². The first kappa shape index (κ1) is 8.07. The molecule has 0 amide bonds. The summed E-state index contributed by atoms with van der Waals surface area (Å²) in [5, 5.41) is 12.8. The SMILES string of the molecule is CN(C)CCn1cc(O)cn1. The number of hydrogen-bond donors (Lipinski definition) is 1. The zero-order valence-electron chi connectivity index (χ0n) is 6.86. The lowest BCUT2D eigenvalue weighted by Crippen LogP contribution is -2.18. The van der Waals surface area contributed by atoms with Crippen molar-refractivity contribution in [2.24, 2.45) is 0 Å². The Hall–Kier alpha value is -1.03. The average Bonchev–Trinajstić information content (AvgIpc) is 2.31. The Kier molecular flexibility index (Phi) is 2.48. The van der Waals surface area contributed by atoms with Gasteiger partial charge in [-0.1, -0.05) is 0 Å². The van der Waals surface area contributed by atoms with Crippen LogP contribution in [0.25, 0.3) is 0 Å². The van der Waals surface area contributed by atoms with Gasteiger partial charge in [-0.3, -0.25) is 4.68 Å². The van der Waals surface area contributed by atoms with E-state index >= 15 is 0 Å². The van der Waals surface area contributed by atoms with Crippen LogP contribution in [0.3, 0.4) is 0 Å². The third kappa shape index (κ3) is 2.59. The molecule has 1 aromatic rings. The van der Waals surface area contributed by atoms with Gasteiger partial charge in [0, 0.05) is 6.54 Å². The molecule has 1 rings (SSSR count). The second kappa shape index (κ2) is 3.39. The van der Waals surface area contributed by atoms with Crippen LogP contribution in [0.4, 0.5) is 0 Å². The topological polar surface area (TPSA) is 41.3 Å². The average molecular weight is 155 g/mol. The summed E-state index contributed by atoms with van der Waals surface area (Å²) in [5.41, 5.74) is 0. The molecule has 11 heavy (non-hydrogen) atoms. The van der Waals surface area contributed by atoms with Gasteiger partial charge in [0.05, 0.1) is 18.9 Å². The van der Waals surface area contributed by atoms with Crippen LogP contribution >= 0.6 is 0 Å². The quantitative estimate of drug-likeness (QED) is 0.675. The molecule has 0 aliphatic rings. The van der Waals surface area contributed by atoms with Crippen molar-refractivity contribution in [3.05, 3.63) is 12.4 Å². The van der Waals surface area contributed by atoms with Crippen LogP contribution in [0, 0.1) is 0 Å². The van der Waals surface area contributed by atoms with Crippen molar-refractivity contribution in [1.29, 1.82) is 0 Å². The summed E-state index contributed by atoms with van der Waals surface area (Å²) in [7, 11) is 4.01. The van der Waals surface area contributed by atoms with Crippen molar-refractivity contribution < 1.29 is 5.11 Å². The molecule has 0 fully saturated rings. The Balaban J connectivity index is 2.39. The van der Waals surface area contributed by atoms with E-state index in [9.17, 15) is 0 Å². The molecule has 0 aliphatic carbocycles. The summed E-state index contributed by atoms with van der Waals surface area (Å²) >= 11 is 0. The van der Waals surface area contributed by atoms with E-state index in [1.54, 1.807) is 10.9 Å². The second-order valence-electron chi connectivity index (χ2n) is 2.76. The van der Waals surface area contributed by atoms with Gasteiger partial charge in [-0.25, -0.2) is 0 Å². The highest BCUT2D eigenvalue weighted by Gasteiger charge is 1.95. The molecule has 4 nitrogen and oxygen atoms in total. The molecule has 1 aromatic heterocycles. The highest BCUT2D eigenvalue weighted by molar-refractivity contribution is 5.08. The van der Waals surface area contributed by atoms with Crippen LogP contribution < -0.4 is 0 Å². The van der Waals surface area contributed by atoms with Crippen LogP contribution in [0.2, 0.25) is 0 Å². The highest BCUT2D eigenvalue weighted by Crippen LogP contribution is 2.03. The van der Waals surface area contributed by atoms with Crippen molar-refractivity contribution in [2.75, 3.05) is 20.6 Å². The van der Waals surface area contributed by atoms with Crippen LogP contribution in [0.5, 0.6) is 5.75 Å². The number of rotatable bonds is 3. The lowest BCUT2D eigenvalue weighted by atomic mass is 10.6. The molecule has 0 radical (unpaired) electrons. The number of likely N-dealkylation sites (N-methyl/N-ethyl adjacent to an activating group) is 1. The fourth-order valence-electron chi connectivity index (χ4n) is 0.777. The van der Waals surface area contributed by atoms with Gasteiger partial charge in [-0.15, -0.1) is 0 Å². The van der Waals surface area contributed by atoms with Gasteiger partial charge in [-0.05, 0) is 14.1 Å². The van der Waals surface area contributed by atoms with Crippen molar-refractivity contribution in [3.8, 4) is 5.75 Å². The molecule has 1 heterocycles. The Bertz CT molecular complexity index is 219. The fraction of sp³-hybridized carbons (Fsp3) is 0.571. The maximum atomic E-state index is 8.92. The van der Waals surface area contributed by atoms with E-state index in [0.29, 0.717) is 0 Å². The number of hydrogen-bond acceptors (Lipinski definition) is 3. The molecule has 0 spiro atoms. The van der Waals surface area contributed by atoms with Crippen LogP contribution in [-0.2, 0) is 6.54 Å². The molecule has 0 aliphatic heterocycles. The van der Waals surface area contributed by atoms with Gasteiger partial charge in [0.2, 0.25) is 0 Å². The molecule has 62 valence electrons. The Morgan fingerprint density at radius 1 is 1.64 bits per heavy atom. The third-order valence-corrected chi connectivity index (χ3v) is 1.40. The van der Waals surface area contributed by atoms with Gasteiger partial charge in [0.25, 0.3) is 0 Å². The van der Waals surface area contributed by atoms with Crippen molar-refractivity contribution >= 4 is 0 Å². The monoisotopic (exact) mass is 155 g/mol. The number of aromatic hydroxyl groups is 1. The maximum absolute atomic E-state index is 8.92. The molecular formula is C7H13N3O. The smallest absolute Gasteiger partial charge is 0.153 e. The van der Waals surface area contributed by atoms with Crippen molar-refractivity contribution in [2.45, 2.75) is 6.54 Å². The molecular weight excluding hydrogens is 142 g/mol. The van der Waals surface area contributed by atoms with Gasteiger partial charge < -0.3 is 10.0 Å². The standard InChI is InChI=1S/C7H13N3O/c1-9(2)3-4-10-6-7(11)5-8-10/h5-6,11H,3-4H2,1-2H3. The molecule has 4 heteroatoms. The summed E-state index contributed by atoms with van der Waals surface area (Å²) in [6.45, 7) is 1.74. The van der Waals surface area contributed by atoms with Gasteiger partial charge in [-0.2, -0.15) is 5.10 Å². The minimum atomic E-state index is 0.226. The molecule has 0 atom stereocenters.